The topological polar surface area (TPSA) is 32.3 Å². The predicted molar refractivity (Wildman–Crippen MR) is 79.6 cm³/mol. The van der Waals surface area contributed by atoms with E-state index in [-0.39, 0.29) is 23.0 Å². The summed E-state index contributed by atoms with van der Waals surface area (Å²) in [6.07, 6.45) is -4.43. The highest BCUT2D eigenvalue weighted by atomic mass is 79.9. The molecule has 21 heavy (non-hydrogen) atoms. The van der Waals surface area contributed by atoms with Crippen LogP contribution in [0.25, 0.3) is 0 Å². The van der Waals surface area contributed by atoms with Crippen molar-refractivity contribution in [2.24, 2.45) is 0 Å². The van der Waals surface area contributed by atoms with Gasteiger partial charge in [0.2, 0.25) is 0 Å². The van der Waals surface area contributed by atoms with Gasteiger partial charge in [-0.1, -0.05) is 27.5 Å². The fourth-order valence-corrected chi connectivity index (χ4v) is 2.32. The Kier molecular flexibility index (Phi) is 4.68. The maximum absolute atomic E-state index is 12.7. The molecule has 0 heterocycles. The van der Waals surface area contributed by atoms with Crippen LogP contribution in [0.5, 0.6) is 5.75 Å². The van der Waals surface area contributed by atoms with E-state index >= 15 is 0 Å². The van der Waals surface area contributed by atoms with E-state index in [4.69, 9.17) is 11.6 Å². The number of hydrogen-bond acceptors (Lipinski definition) is 2. The second-order valence-electron chi connectivity index (χ2n) is 4.32. The van der Waals surface area contributed by atoms with Crippen LogP contribution >= 0.6 is 27.5 Å². The van der Waals surface area contributed by atoms with Crippen molar-refractivity contribution in [3.8, 4) is 5.75 Å². The zero-order chi connectivity index (χ0) is 15.6. The summed E-state index contributed by atoms with van der Waals surface area (Å²) in [6, 6.07) is 7.88. The molecule has 0 atom stereocenters. The van der Waals surface area contributed by atoms with E-state index in [1.165, 1.54) is 12.1 Å². The Hall–Kier alpha value is -1.40. The molecule has 2 aromatic carbocycles. The van der Waals surface area contributed by atoms with Crippen LogP contribution < -0.4 is 5.32 Å². The minimum Gasteiger partial charge on any atom is -0.508 e. The second kappa shape index (κ2) is 6.15. The van der Waals surface area contributed by atoms with Crippen LogP contribution in [0.1, 0.15) is 11.1 Å². The molecule has 2 aromatic rings. The molecular formula is C14H10BrClF3NO. The monoisotopic (exact) mass is 379 g/mol. The lowest BCUT2D eigenvalue weighted by Crippen LogP contribution is -2.07. The van der Waals surface area contributed by atoms with Gasteiger partial charge in [0.1, 0.15) is 5.75 Å². The summed E-state index contributed by atoms with van der Waals surface area (Å²) < 4.78 is 38.7. The summed E-state index contributed by atoms with van der Waals surface area (Å²) in [4.78, 5) is 0. The highest BCUT2D eigenvalue weighted by Crippen LogP contribution is 2.34. The van der Waals surface area contributed by atoms with Gasteiger partial charge in [-0.15, -0.1) is 0 Å². The van der Waals surface area contributed by atoms with Crippen molar-refractivity contribution in [2.75, 3.05) is 5.32 Å². The Morgan fingerprint density at radius 3 is 2.52 bits per heavy atom. The van der Waals surface area contributed by atoms with Crippen LogP contribution in [0.2, 0.25) is 5.02 Å². The Labute approximate surface area is 132 Å². The number of phenolic OH excluding ortho intramolecular Hbond substituents is 1. The number of rotatable bonds is 3. The van der Waals surface area contributed by atoms with Crippen LogP contribution in [0.3, 0.4) is 0 Å². The molecule has 0 saturated heterocycles. The van der Waals surface area contributed by atoms with Gasteiger partial charge >= 0.3 is 6.18 Å². The zero-order valence-corrected chi connectivity index (χ0v) is 12.9. The van der Waals surface area contributed by atoms with Gasteiger partial charge in [-0.05, 0) is 36.4 Å². The van der Waals surface area contributed by atoms with Gasteiger partial charge in [-0.3, -0.25) is 0 Å². The van der Waals surface area contributed by atoms with Crippen LogP contribution in [0, 0.1) is 0 Å². The number of phenols is 1. The van der Waals surface area contributed by atoms with E-state index in [1.54, 1.807) is 12.1 Å². The van der Waals surface area contributed by atoms with Gasteiger partial charge in [0.15, 0.2) is 0 Å². The van der Waals surface area contributed by atoms with E-state index in [0.29, 0.717) is 5.56 Å². The van der Waals surface area contributed by atoms with Crippen molar-refractivity contribution in [3.05, 3.63) is 57.0 Å². The molecule has 0 aliphatic carbocycles. The first-order valence-electron chi connectivity index (χ1n) is 5.85. The van der Waals surface area contributed by atoms with Crippen molar-refractivity contribution in [2.45, 2.75) is 12.7 Å². The molecule has 2 nitrogen and oxygen atoms in total. The molecule has 7 heteroatoms. The third-order valence-corrected chi connectivity index (χ3v) is 3.63. The van der Waals surface area contributed by atoms with Crippen molar-refractivity contribution >= 4 is 33.2 Å². The average Bonchev–Trinajstić information content (AvgIpc) is 2.40. The van der Waals surface area contributed by atoms with E-state index in [2.05, 4.69) is 21.2 Å². The molecule has 2 N–H and O–H groups in total. The van der Waals surface area contributed by atoms with Gasteiger partial charge in [0.05, 0.1) is 16.3 Å². The first-order valence-corrected chi connectivity index (χ1v) is 7.02. The number of alkyl halides is 3. The summed E-state index contributed by atoms with van der Waals surface area (Å²) in [6.45, 7) is 0.145. The van der Waals surface area contributed by atoms with Gasteiger partial charge in [-0.2, -0.15) is 13.2 Å². The molecule has 0 spiro atoms. The van der Waals surface area contributed by atoms with Crippen LogP contribution in [-0.2, 0) is 12.7 Å². The summed E-state index contributed by atoms with van der Waals surface area (Å²) in [5, 5.41) is 12.7. The molecule has 0 saturated carbocycles. The summed E-state index contributed by atoms with van der Waals surface area (Å²) in [5.41, 5.74) is -0.0865. The fraction of sp³-hybridized carbons (Fsp3) is 0.143. The number of halogens is 5. The second-order valence-corrected chi connectivity index (χ2v) is 5.64. The van der Waals surface area contributed by atoms with Crippen LogP contribution in [0.4, 0.5) is 18.9 Å². The SMILES string of the molecule is Oc1ccc(Br)cc1CNc1cc(C(F)(F)F)ccc1Cl. The molecule has 0 bridgehead atoms. The van der Waals surface area contributed by atoms with Gasteiger partial charge in [0, 0.05) is 16.6 Å². The summed E-state index contributed by atoms with van der Waals surface area (Å²) in [5.74, 6) is 0.0498. The molecule has 0 unspecified atom stereocenters. The maximum atomic E-state index is 12.7. The van der Waals surface area contributed by atoms with Crippen molar-refractivity contribution in [3.63, 3.8) is 0 Å². The molecule has 0 aliphatic rings. The number of nitrogens with one attached hydrogen (secondary N) is 1. The predicted octanol–water partition coefficient (Wildman–Crippen LogP) is 5.44. The molecule has 112 valence electrons. The Morgan fingerprint density at radius 1 is 1.14 bits per heavy atom. The minimum absolute atomic E-state index is 0.0498. The molecular weight excluding hydrogens is 371 g/mol. The van der Waals surface area contributed by atoms with E-state index in [1.807, 2.05) is 0 Å². The number of anilines is 1. The Morgan fingerprint density at radius 2 is 1.86 bits per heavy atom. The number of aromatic hydroxyl groups is 1. The third-order valence-electron chi connectivity index (χ3n) is 2.80. The highest BCUT2D eigenvalue weighted by molar-refractivity contribution is 9.10. The van der Waals surface area contributed by atoms with E-state index in [0.717, 1.165) is 16.6 Å². The quantitative estimate of drug-likeness (QED) is 0.743. The summed E-state index contributed by atoms with van der Waals surface area (Å²) >= 11 is 9.14. The maximum Gasteiger partial charge on any atom is 0.416 e. The normalized spacial score (nSPS) is 11.5. The number of benzene rings is 2. The van der Waals surface area contributed by atoms with Crippen molar-refractivity contribution in [1.82, 2.24) is 0 Å². The lowest BCUT2D eigenvalue weighted by molar-refractivity contribution is -0.137. The molecule has 0 amide bonds. The third kappa shape index (κ3) is 4.04. The first-order chi connectivity index (χ1) is 9.77. The van der Waals surface area contributed by atoms with Gasteiger partial charge < -0.3 is 10.4 Å². The molecule has 0 aliphatic heterocycles. The lowest BCUT2D eigenvalue weighted by atomic mass is 10.1. The molecule has 0 fully saturated rings. The number of hydrogen-bond donors (Lipinski definition) is 2. The standard InChI is InChI=1S/C14H10BrClF3NO/c15-10-2-4-13(21)8(5-10)7-20-12-6-9(14(17,18)19)1-3-11(12)16/h1-6,20-21H,7H2. The first kappa shape index (κ1) is 16.0. The highest BCUT2D eigenvalue weighted by Gasteiger charge is 2.30. The van der Waals surface area contributed by atoms with Gasteiger partial charge in [0.25, 0.3) is 0 Å². The van der Waals surface area contributed by atoms with Crippen LogP contribution in [-0.4, -0.2) is 5.11 Å². The van der Waals surface area contributed by atoms with Gasteiger partial charge in [-0.25, -0.2) is 0 Å². The van der Waals surface area contributed by atoms with Crippen molar-refractivity contribution < 1.29 is 18.3 Å². The van der Waals surface area contributed by atoms with Crippen molar-refractivity contribution in [1.29, 1.82) is 0 Å². The van der Waals surface area contributed by atoms with Crippen LogP contribution in [0.15, 0.2) is 40.9 Å². The smallest absolute Gasteiger partial charge is 0.416 e. The zero-order valence-electron chi connectivity index (χ0n) is 10.5. The fourth-order valence-electron chi connectivity index (χ4n) is 1.72. The largest absolute Gasteiger partial charge is 0.508 e. The average molecular weight is 381 g/mol. The lowest BCUT2D eigenvalue weighted by Gasteiger charge is -2.13. The molecule has 0 radical (unpaired) electrons. The Balaban J connectivity index is 2.22. The van der Waals surface area contributed by atoms with E-state index in [9.17, 15) is 18.3 Å². The minimum atomic E-state index is -4.43. The molecule has 0 aromatic heterocycles. The van der Waals surface area contributed by atoms with E-state index < -0.39 is 11.7 Å². The molecule has 2 rings (SSSR count). The Bertz CT molecular complexity index is 661. The summed E-state index contributed by atoms with van der Waals surface area (Å²) in [7, 11) is 0.